The van der Waals surface area contributed by atoms with Crippen LogP contribution in [0.3, 0.4) is 0 Å². The Morgan fingerprint density at radius 2 is 1.78 bits per heavy atom. The first-order valence-electron chi connectivity index (χ1n) is 12.2. The SMILES string of the molecule is CCc1ccc(C2C(C(=O)Nc3ccccc3)=C(C)Nc3nc(SCc4ccccc4OC)nn32)cc1. The highest BCUT2D eigenvalue weighted by Gasteiger charge is 2.34. The number of ether oxygens (including phenoxy) is 1. The molecule has 0 saturated carbocycles. The number of carbonyl (C=O) groups is 1. The first-order valence-corrected chi connectivity index (χ1v) is 13.2. The second-order valence-electron chi connectivity index (χ2n) is 8.74. The summed E-state index contributed by atoms with van der Waals surface area (Å²) in [5.74, 6) is 1.94. The third-order valence-electron chi connectivity index (χ3n) is 6.36. The standard InChI is InChI=1S/C29H29N5O2S/c1-4-20-14-16-21(17-15-20)26-25(27(35)31-23-11-6-5-7-12-23)19(2)30-28-32-29(33-34(26)28)37-18-22-10-8-9-13-24(22)36-3/h5-17,26H,4,18H2,1-3H3,(H,31,35)(H,30,32,33). The van der Waals surface area contributed by atoms with Crippen LogP contribution in [0.4, 0.5) is 11.6 Å². The van der Waals surface area contributed by atoms with E-state index in [9.17, 15) is 4.79 Å². The van der Waals surface area contributed by atoms with Gasteiger partial charge >= 0.3 is 0 Å². The number of thioether (sulfide) groups is 1. The molecule has 1 unspecified atom stereocenters. The number of nitrogens with zero attached hydrogens (tertiary/aromatic N) is 3. The van der Waals surface area contributed by atoms with Gasteiger partial charge in [-0.05, 0) is 42.7 Å². The minimum absolute atomic E-state index is 0.176. The number of aromatic nitrogens is 3. The molecular weight excluding hydrogens is 482 g/mol. The molecular formula is C29H29N5O2S. The van der Waals surface area contributed by atoms with Gasteiger partial charge < -0.3 is 15.4 Å². The first kappa shape index (κ1) is 24.6. The number of fused-ring (bicyclic) bond motifs is 1. The van der Waals surface area contributed by atoms with Crippen LogP contribution < -0.4 is 15.4 Å². The van der Waals surface area contributed by atoms with E-state index < -0.39 is 6.04 Å². The summed E-state index contributed by atoms with van der Waals surface area (Å²) in [6.45, 7) is 4.04. The van der Waals surface area contributed by atoms with Gasteiger partial charge in [-0.3, -0.25) is 4.79 Å². The summed E-state index contributed by atoms with van der Waals surface area (Å²) in [6, 6.07) is 25.4. The third-order valence-corrected chi connectivity index (χ3v) is 7.25. The fourth-order valence-electron chi connectivity index (χ4n) is 4.41. The van der Waals surface area contributed by atoms with Crippen molar-refractivity contribution in [2.24, 2.45) is 0 Å². The quantitative estimate of drug-likeness (QED) is 0.280. The molecule has 1 aliphatic heterocycles. The molecule has 0 radical (unpaired) electrons. The van der Waals surface area contributed by atoms with Crippen molar-refractivity contribution in [2.45, 2.75) is 37.2 Å². The molecule has 3 aromatic carbocycles. The van der Waals surface area contributed by atoms with E-state index in [2.05, 4.69) is 41.8 Å². The molecule has 1 atom stereocenters. The van der Waals surface area contributed by atoms with E-state index in [4.69, 9.17) is 14.8 Å². The summed E-state index contributed by atoms with van der Waals surface area (Å²) in [6.07, 6.45) is 0.945. The molecule has 4 aromatic rings. The number of allylic oxidation sites excluding steroid dienone is 1. The summed E-state index contributed by atoms with van der Waals surface area (Å²) in [5, 5.41) is 11.8. The number of aryl methyl sites for hydroxylation is 1. The van der Waals surface area contributed by atoms with Crippen molar-refractivity contribution in [1.82, 2.24) is 14.8 Å². The fourth-order valence-corrected chi connectivity index (χ4v) is 5.23. The van der Waals surface area contributed by atoms with Gasteiger partial charge in [-0.15, -0.1) is 5.10 Å². The minimum Gasteiger partial charge on any atom is -0.496 e. The summed E-state index contributed by atoms with van der Waals surface area (Å²) in [7, 11) is 1.67. The molecule has 37 heavy (non-hydrogen) atoms. The van der Waals surface area contributed by atoms with Gasteiger partial charge in [-0.2, -0.15) is 4.98 Å². The Labute approximate surface area is 221 Å². The number of nitrogens with one attached hydrogen (secondary N) is 2. The van der Waals surface area contributed by atoms with Crippen LogP contribution in [0, 0.1) is 0 Å². The predicted octanol–water partition coefficient (Wildman–Crippen LogP) is 6.07. The average Bonchev–Trinajstić information content (AvgIpc) is 3.34. The molecule has 2 N–H and O–H groups in total. The fraction of sp³-hybridized carbons (Fsp3) is 0.207. The number of hydrogen-bond donors (Lipinski definition) is 2. The van der Waals surface area contributed by atoms with Gasteiger partial charge in [0.15, 0.2) is 0 Å². The smallest absolute Gasteiger partial charge is 0.255 e. The lowest BCUT2D eigenvalue weighted by Gasteiger charge is -2.28. The Kier molecular flexibility index (Phi) is 7.28. The minimum atomic E-state index is -0.418. The van der Waals surface area contributed by atoms with Crippen molar-refractivity contribution >= 4 is 29.3 Å². The zero-order valence-corrected chi connectivity index (χ0v) is 21.9. The zero-order valence-electron chi connectivity index (χ0n) is 21.1. The van der Waals surface area contributed by atoms with Crippen LogP contribution in [0.5, 0.6) is 5.75 Å². The van der Waals surface area contributed by atoms with Crippen LogP contribution in [0.1, 0.15) is 36.6 Å². The molecule has 188 valence electrons. The molecule has 8 heteroatoms. The molecule has 1 amide bonds. The second-order valence-corrected chi connectivity index (χ2v) is 9.69. The molecule has 0 saturated heterocycles. The largest absolute Gasteiger partial charge is 0.496 e. The Hall–Kier alpha value is -4.04. The average molecular weight is 512 g/mol. The van der Waals surface area contributed by atoms with Crippen LogP contribution in [0.2, 0.25) is 0 Å². The summed E-state index contributed by atoms with van der Waals surface area (Å²) in [5.41, 5.74) is 5.38. The predicted molar refractivity (Wildman–Crippen MR) is 148 cm³/mol. The van der Waals surface area contributed by atoms with Crippen molar-refractivity contribution in [1.29, 1.82) is 0 Å². The van der Waals surface area contributed by atoms with E-state index in [0.717, 1.165) is 34.7 Å². The highest BCUT2D eigenvalue weighted by molar-refractivity contribution is 7.98. The van der Waals surface area contributed by atoms with Gasteiger partial charge in [0.25, 0.3) is 5.91 Å². The van der Waals surface area contributed by atoms with Crippen LogP contribution in [0.15, 0.2) is 95.3 Å². The maximum absolute atomic E-state index is 13.6. The summed E-state index contributed by atoms with van der Waals surface area (Å²) < 4.78 is 7.31. The number of benzene rings is 3. The van der Waals surface area contributed by atoms with E-state index in [1.807, 2.05) is 66.2 Å². The monoisotopic (exact) mass is 511 g/mol. The molecule has 2 heterocycles. The Balaban J connectivity index is 1.49. The van der Waals surface area contributed by atoms with Crippen molar-refractivity contribution < 1.29 is 9.53 Å². The normalized spacial score (nSPS) is 14.6. The van der Waals surface area contributed by atoms with Crippen molar-refractivity contribution in [3.63, 3.8) is 0 Å². The van der Waals surface area contributed by atoms with Gasteiger partial charge in [-0.25, -0.2) is 4.68 Å². The number of anilines is 2. The van der Waals surface area contributed by atoms with Gasteiger partial charge in [0.2, 0.25) is 11.1 Å². The zero-order chi connectivity index (χ0) is 25.8. The molecule has 0 aliphatic carbocycles. The molecule has 1 aliphatic rings. The van der Waals surface area contributed by atoms with Crippen molar-refractivity contribution in [3.8, 4) is 5.75 Å². The number of para-hydroxylation sites is 2. The number of hydrogen-bond acceptors (Lipinski definition) is 6. The van der Waals surface area contributed by atoms with Gasteiger partial charge in [0, 0.05) is 22.7 Å². The number of methoxy groups -OCH3 is 1. The third kappa shape index (κ3) is 5.24. The molecule has 0 fully saturated rings. The lowest BCUT2D eigenvalue weighted by molar-refractivity contribution is -0.113. The van der Waals surface area contributed by atoms with E-state index in [1.54, 1.807) is 7.11 Å². The van der Waals surface area contributed by atoms with E-state index >= 15 is 0 Å². The van der Waals surface area contributed by atoms with Crippen molar-refractivity contribution in [3.05, 3.63) is 107 Å². The van der Waals surface area contributed by atoms with Gasteiger partial charge in [0.1, 0.15) is 11.8 Å². The van der Waals surface area contributed by atoms with Crippen LogP contribution in [-0.2, 0) is 17.0 Å². The summed E-state index contributed by atoms with van der Waals surface area (Å²) >= 11 is 1.53. The Bertz CT molecular complexity index is 1430. The topological polar surface area (TPSA) is 81.1 Å². The highest BCUT2D eigenvalue weighted by atomic mass is 32.2. The van der Waals surface area contributed by atoms with E-state index in [-0.39, 0.29) is 5.91 Å². The maximum Gasteiger partial charge on any atom is 0.255 e. The maximum atomic E-state index is 13.6. The second kappa shape index (κ2) is 10.9. The first-order chi connectivity index (χ1) is 18.1. The molecule has 7 nitrogen and oxygen atoms in total. The Morgan fingerprint density at radius 1 is 1.05 bits per heavy atom. The Morgan fingerprint density at radius 3 is 2.51 bits per heavy atom. The molecule has 0 spiro atoms. The van der Waals surface area contributed by atoms with Crippen LogP contribution >= 0.6 is 11.8 Å². The van der Waals surface area contributed by atoms with Crippen LogP contribution in [0.25, 0.3) is 0 Å². The highest BCUT2D eigenvalue weighted by Crippen LogP contribution is 2.37. The number of carbonyl (C=O) groups excluding carboxylic acids is 1. The lowest BCUT2D eigenvalue weighted by atomic mass is 9.94. The number of amides is 1. The number of rotatable bonds is 8. The molecule has 0 bridgehead atoms. The molecule has 1 aromatic heterocycles. The van der Waals surface area contributed by atoms with Gasteiger partial charge in [0.05, 0.1) is 12.7 Å². The molecule has 5 rings (SSSR count). The summed E-state index contributed by atoms with van der Waals surface area (Å²) in [4.78, 5) is 18.3. The van der Waals surface area contributed by atoms with Crippen LogP contribution in [-0.4, -0.2) is 27.8 Å². The van der Waals surface area contributed by atoms with Gasteiger partial charge in [-0.1, -0.05) is 79.3 Å². The van der Waals surface area contributed by atoms with E-state index in [0.29, 0.717) is 22.4 Å². The lowest BCUT2D eigenvalue weighted by Crippen LogP contribution is -2.31. The van der Waals surface area contributed by atoms with E-state index in [1.165, 1.54) is 17.3 Å². The van der Waals surface area contributed by atoms with Crippen molar-refractivity contribution in [2.75, 3.05) is 17.7 Å².